The fraction of sp³-hybridized carbons (Fsp3) is 0.294. The van der Waals surface area contributed by atoms with E-state index in [0.717, 1.165) is 12.8 Å². The number of benzene rings is 1. The number of amides is 1. The van der Waals surface area contributed by atoms with Crippen LogP contribution in [0.15, 0.2) is 48.9 Å². The average Bonchev–Trinajstić information content (AvgIpc) is 3.15. The zero-order chi connectivity index (χ0) is 16.1. The number of carbonyl (C=O) groups excluding carboxylic acids is 2. The minimum Gasteiger partial charge on any atom is -0.443 e. The Morgan fingerprint density at radius 1 is 1.09 bits per heavy atom. The number of carbonyl (C=O) groups is 2. The molecule has 1 amide bonds. The van der Waals surface area contributed by atoms with E-state index in [1.807, 2.05) is 18.2 Å². The highest BCUT2D eigenvalue weighted by Crippen LogP contribution is 2.23. The number of nitrogens with zero attached hydrogens (tertiary/aromatic N) is 3. The highest BCUT2D eigenvalue weighted by atomic mass is 16.5. The van der Waals surface area contributed by atoms with Gasteiger partial charge in [-0.05, 0) is 12.8 Å². The fourth-order valence-corrected chi connectivity index (χ4v) is 2.56. The van der Waals surface area contributed by atoms with Crippen molar-refractivity contribution in [3.63, 3.8) is 0 Å². The number of hydrogen-bond acceptors (Lipinski definition) is 5. The Bertz CT molecular complexity index is 670. The first kappa shape index (κ1) is 15.1. The van der Waals surface area contributed by atoms with E-state index >= 15 is 0 Å². The van der Waals surface area contributed by atoms with Gasteiger partial charge in [-0.3, -0.25) is 9.78 Å². The normalized spacial score (nSPS) is 15.2. The molecule has 6 heteroatoms. The molecule has 1 aliphatic heterocycles. The molecule has 0 bridgehead atoms. The summed E-state index contributed by atoms with van der Waals surface area (Å²) >= 11 is 0. The van der Waals surface area contributed by atoms with Crippen LogP contribution in [0.1, 0.15) is 35.0 Å². The molecule has 0 N–H and O–H groups in total. The summed E-state index contributed by atoms with van der Waals surface area (Å²) in [4.78, 5) is 34.5. The van der Waals surface area contributed by atoms with Crippen LogP contribution in [0.5, 0.6) is 0 Å². The van der Waals surface area contributed by atoms with Gasteiger partial charge in [0.25, 0.3) is 5.91 Å². The van der Waals surface area contributed by atoms with E-state index < -0.39 is 12.1 Å². The lowest BCUT2D eigenvalue weighted by atomic mass is 10.1. The molecule has 0 unspecified atom stereocenters. The molecule has 3 rings (SSSR count). The van der Waals surface area contributed by atoms with E-state index in [1.165, 1.54) is 18.6 Å². The topological polar surface area (TPSA) is 72.4 Å². The van der Waals surface area contributed by atoms with Crippen molar-refractivity contribution in [1.82, 2.24) is 14.9 Å². The molecule has 1 saturated heterocycles. The van der Waals surface area contributed by atoms with E-state index in [4.69, 9.17) is 4.74 Å². The van der Waals surface area contributed by atoms with Crippen molar-refractivity contribution in [2.24, 2.45) is 0 Å². The quantitative estimate of drug-likeness (QED) is 0.808. The first-order valence-electron chi connectivity index (χ1n) is 7.56. The summed E-state index contributed by atoms with van der Waals surface area (Å²) < 4.78 is 5.46. The maximum absolute atomic E-state index is 12.7. The van der Waals surface area contributed by atoms with Gasteiger partial charge >= 0.3 is 5.97 Å². The maximum Gasteiger partial charge on any atom is 0.359 e. The lowest BCUT2D eigenvalue weighted by Crippen LogP contribution is -2.35. The summed E-state index contributed by atoms with van der Waals surface area (Å²) in [6, 6.07) is 9.04. The van der Waals surface area contributed by atoms with Crippen LogP contribution in [0.2, 0.25) is 0 Å². The number of hydrogen-bond donors (Lipinski definition) is 0. The van der Waals surface area contributed by atoms with Crippen molar-refractivity contribution in [2.75, 3.05) is 13.1 Å². The Balaban J connectivity index is 1.83. The summed E-state index contributed by atoms with van der Waals surface area (Å²) in [6.07, 6.45) is 5.21. The van der Waals surface area contributed by atoms with Crippen molar-refractivity contribution in [3.05, 3.63) is 60.2 Å². The lowest BCUT2D eigenvalue weighted by molar-refractivity contribution is -0.140. The lowest BCUT2D eigenvalue weighted by Gasteiger charge is -2.23. The van der Waals surface area contributed by atoms with Crippen LogP contribution < -0.4 is 0 Å². The molecular formula is C17H17N3O3. The van der Waals surface area contributed by atoms with Gasteiger partial charge < -0.3 is 9.64 Å². The molecule has 0 aliphatic carbocycles. The van der Waals surface area contributed by atoms with Crippen LogP contribution >= 0.6 is 0 Å². The van der Waals surface area contributed by atoms with Gasteiger partial charge in [-0.25, -0.2) is 9.78 Å². The predicted molar refractivity (Wildman–Crippen MR) is 82.4 cm³/mol. The molecule has 0 saturated carbocycles. The zero-order valence-electron chi connectivity index (χ0n) is 12.6. The van der Waals surface area contributed by atoms with E-state index in [0.29, 0.717) is 18.7 Å². The van der Waals surface area contributed by atoms with Crippen LogP contribution in [0.4, 0.5) is 0 Å². The standard InChI is InChI=1S/C17H17N3O3/c21-16(20-10-4-5-11-20)15(13-6-2-1-3-7-13)23-17(22)14-12-18-8-9-19-14/h1-3,6-9,12,15H,4-5,10-11H2/t15-/m0/s1. The molecule has 2 heterocycles. The fourth-order valence-electron chi connectivity index (χ4n) is 2.56. The van der Waals surface area contributed by atoms with Crippen LogP contribution in [0, 0.1) is 0 Å². The molecule has 1 atom stereocenters. The number of esters is 1. The summed E-state index contributed by atoms with van der Waals surface area (Å²) in [7, 11) is 0. The van der Waals surface area contributed by atoms with E-state index in [2.05, 4.69) is 9.97 Å². The number of likely N-dealkylation sites (tertiary alicyclic amines) is 1. The minimum atomic E-state index is -0.955. The first-order valence-corrected chi connectivity index (χ1v) is 7.56. The predicted octanol–water partition coefficient (Wildman–Crippen LogP) is 2.00. The van der Waals surface area contributed by atoms with Crippen molar-refractivity contribution in [2.45, 2.75) is 18.9 Å². The summed E-state index contributed by atoms with van der Waals surface area (Å²) in [5.74, 6) is -0.842. The Kier molecular flexibility index (Phi) is 4.61. The molecular weight excluding hydrogens is 294 g/mol. The summed E-state index contributed by atoms with van der Waals surface area (Å²) in [6.45, 7) is 1.40. The van der Waals surface area contributed by atoms with Gasteiger partial charge in [-0.15, -0.1) is 0 Å². The third-order valence-electron chi connectivity index (χ3n) is 3.74. The SMILES string of the molecule is O=C(O[C@H](C(=O)N1CCCC1)c1ccccc1)c1cnccn1. The maximum atomic E-state index is 12.7. The van der Waals surface area contributed by atoms with E-state index in [-0.39, 0.29) is 11.6 Å². The van der Waals surface area contributed by atoms with Crippen LogP contribution in [-0.4, -0.2) is 39.8 Å². The zero-order valence-corrected chi connectivity index (χ0v) is 12.6. The molecule has 2 aromatic rings. The van der Waals surface area contributed by atoms with Gasteiger partial charge in [-0.1, -0.05) is 30.3 Å². The summed E-state index contributed by atoms with van der Waals surface area (Å²) in [5, 5.41) is 0. The average molecular weight is 311 g/mol. The van der Waals surface area contributed by atoms with Gasteiger partial charge in [0.1, 0.15) is 0 Å². The largest absolute Gasteiger partial charge is 0.443 e. The van der Waals surface area contributed by atoms with Gasteiger partial charge in [0.15, 0.2) is 5.69 Å². The van der Waals surface area contributed by atoms with Crippen molar-refractivity contribution in [1.29, 1.82) is 0 Å². The monoisotopic (exact) mass is 311 g/mol. The highest BCUT2D eigenvalue weighted by Gasteiger charge is 2.31. The molecule has 23 heavy (non-hydrogen) atoms. The molecule has 0 radical (unpaired) electrons. The molecule has 0 spiro atoms. The first-order chi connectivity index (χ1) is 11.3. The van der Waals surface area contributed by atoms with Gasteiger partial charge in [0.2, 0.25) is 6.10 Å². The summed E-state index contributed by atoms with van der Waals surface area (Å²) in [5.41, 5.74) is 0.740. The van der Waals surface area contributed by atoms with Gasteiger partial charge in [0.05, 0.1) is 6.20 Å². The van der Waals surface area contributed by atoms with Gasteiger partial charge in [-0.2, -0.15) is 0 Å². The number of aromatic nitrogens is 2. The minimum absolute atomic E-state index is 0.0858. The van der Waals surface area contributed by atoms with Gasteiger partial charge in [0, 0.05) is 31.0 Å². The van der Waals surface area contributed by atoms with Crippen molar-refractivity contribution >= 4 is 11.9 Å². The second-order valence-electron chi connectivity index (χ2n) is 5.32. The smallest absolute Gasteiger partial charge is 0.359 e. The molecule has 118 valence electrons. The molecule has 6 nitrogen and oxygen atoms in total. The molecule has 1 fully saturated rings. The molecule has 1 aromatic carbocycles. The van der Waals surface area contributed by atoms with Crippen LogP contribution in [0.25, 0.3) is 0 Å². The van der Waals surface area contributed by atoms with Crippen LogP contribution in [-0.2, 0) is 9.53 Å². The highest BCUT2D eigenvalue weighted by molar-refractivity contribution is 5.91. The Hall–Kier alpha value is -2.76. The Morgan fingerprint density at radius 3 is 2.48 bits per heavy atom. The second-order valence-corrected chi connectivity index (χ2v) is 5.32. The Morgan fingerprint density at radius 2 is 1.83 bits per heavy atom. The molecule has 1 aliphatic rings. The van der Waals surface area contributed by atoms with Crippen molar-refractivity contribution in [3.8, 4) is 0 Å². The Labute approximate surface area is 134 Å². The van der Waals surface area contributed by atoms with Crippen molar-refractivity contribution < 1.29 is 14.3 Å². The number of ether oxygens (including phenoxy) is 1. The molecule has 1 aromatic heterocycles. The third-order valence-corrected chi connectivity index (χ3v) is 3.74. The van der Waals surface area contributed by atoms with E-state index in [9.17, 15) is 9.59 Å². The second kappa shape index (κ2) is 7.00. The number of rotatable bonds is 4. The third kappa shape index (κ3) is 3.53. The van der Waals surface area contributed by atoms with Crippen LogP contribution in [0.3, 0.4) is 0 Å². The van der Waals surface area contributed by atoms with E-state index in [1.54, 1.807) is 17.0 Å².